The molecule has 2 N–H and O–H groups in total. The van der Waals surface area contributed by atoms with Crippen LogP contribution >= 0.6 is 0 Å². The van der Waals surface area contributed by atoms with E-state index in [9.17, 15) is 14.0 Å². The SMILES string of the molecule is CC(C)COC(=O)N1[C@H](c2ccccc2)[C@@H]2COc3ccc(F)cc3C2N1C(N)=O. The van der Waals surface area contributed by atoms with Crippen LogP contribution in [0.1, 0.15) is 37.1 Å². The first kappa shape index (κ1) is 20.0. The van der Waals surface area contributed by atoms with Crippen molar-refractivity contribution in [1.29, 1.82) is 0 Å². The van der Waals surface area contributed by atoms with E-state index in [4.69, 9.17) is 15.2 Å². The van der Waals surface area contributed by atoms with Gasteiger partial charge in [0, 0.05) is 11.5 Å². The molecule has 7 nitrogen and oxygen atoms in total. The minimum Gasteiger partial charge on any atom is -0.493 e. The summed E-state index contributed by atoms with van der Waals surface area (Å²) < 4.78 is 25.4. The van der Waals surface area contributed by atoms with Gasteiger partial charge in [-0.3, -0.25) is 0 Å². The number of benzene rings is 2. The molecule has 158 valence electrons. The van der Waals surface area contributed by atoms with Gasteiger partial charge in [0.1, 0.15) is 11.6 Å². The number of hydrazine groups is 1. The fraction of sp³-hybridized carbons (Fsp3) is 0.364. The zero-order valence-electron chi connectivity index (χ0n) is 16.8. The molecule has 1 saturated heterocycles. The lowest BCUT2D eigenvalue weighted by atomic mass is 9.84. The molecule has 2 heterocycles. The number of primary amides is 1. The van der Waals surface area contributed by atoms with Gasteiger partial charge in [-0.25, -0.2) is 24.0 Å². The van der Waals surface area contributed by atoms with Crippen molar-refractivity contribution in [3.8, 4) is 5.75 Å². The number of urea groups is 1. The van der Waals surface area contributed by atoms with Crippen LogP contribution in [0.15, 0.2) is 48.5 Å². The Labute approximate surface area is 174 Å². The number of carbonyl (C=O) groups is 2. The molecule has 0 spiro atoms. The first-order valence-corrected chi connectivity index (χ1v) is 9.90. The lowest BCUT2D eigenvalue weighted by Crippen LogP contribution is -2.49. The smallest absolute Gasteiger partial charge is 0.429 e. The molecule has 0 aliphatic carbocycles. The number of fused-ring (bicyclic) bond motifs is 3. The van der Waals surface area contributed by atoms with E-state index in [2.05, 4.69) is 0 Å². The number of halogens is 1. The van der Waals surface area contributed by atoms with E-state index >= 15 is 0 Å². The fourth-order valence-electron chi connectivity index (χ4n) is 4.20. The highest BCUT2D eigenvalue weighted by Crippen LogP contribution is 2.53. The van der Waals surface area contributed by atoms with Crippen molar-refractivity contribution in [2.75, 3.05) is 13.2 Å². The van der Waals surface area contributed by atoms with Gasteiger partial charge in [0.2, 0.25) is 0 Å². The molecule has 0 bridgehead atoms. The summed E-state index contributed by atoms with van der Waals surface area (Å²) in [5, 5.41) is 2.45. The van der Waals surface area contributed by atoms with Crippen LogP contribution in [0, 0.1) is 17.7 Å². The lowest BCUT2D eigenvalue weighted by Gasteiger charge is -2.33. The molecule has 3 atom stereocenters. The van der Waals surface area contributed by atoms with Crippen LogP contribution in [-0.4, -0.2) is 35.4 Å². The number of ether oxygens (including phenoxy) is 2. The molecule has 30 heavy (non-hydrogen) atoms. The Balaban J connectivity index is 1.83. The normalized spacial score (nSPS) is 22.3. The average Bonchev–Trinajstić information content (AvgIpc) is 3.08. The second-order valence-corrected chi connectivity index (χ2v) is 7.96. The maximum atomic E-state index is 14.1. The van der Waals surface area contributed by atoms with E-state index in [-0.39, 0.29) is 25.0 Å². The van der Waals surface area contributed by atoms with E-state index in [0.717, 1.165) is 5.56 Å². The molecule has 1 fully saturated rings. The number of rotatable bonds is 3. The van der Waals surface area contributed by atoms with Crippen LogP contribution in [0.3, 0.4) is 0 Å². The van der Waals surface area contributed by atoms with E-state index in [0.29, 0.717) is 11.3 Å². The summed E-state index contributed by atoms with van der Waals surface area (Å²) in [5.74, 6) is -0.220. The van der Waals surface area contributed by atoms with E-state index < -0.39 is 30.0 Å². The summed E-state index contributed by atoms with van der Waals surface area (Å²) in [6.45, 7) is 4.27. The molecule has 2 aromatic rings. The van der Waals surface area contributed by atoms with Gasteiger partial charge in [-0.05, 0) is 29.7 Å². The van der Waals surface area contributed by atoms with Crippen LogP contribution in [0.4, 0.5) is 14.0 Å². The van der Waals surface area contributed by atoms with Crippen LogP contribution in [0.25, 0.3) is 0 Å². The highest BCUT2D eigenvalue weighted by molar-refractivity contribution is 5.79. The largest absolute Gasteiger partial charge is 0.493 e. The zero-order valence-corrected chi connectivity index (χ0v) is 16.8. The van der Waals surface area contributed by atoms with Gasteiger partial charge in [0.05, 0.1) is 25.3 Å². The summed E-state index contributed by atoms with van der Waals surface area (Å²) in [7, 11) is 0. The molecular weight excluding hydrogens is 389 g/mol. The quantitative estimate of drug-likeness (QED) is 0.824. The van der Waals surface area contributed by atoms with Crippen LogP contribution in [0.5, 0.6) is 5.75 Å². The Morgan fingerprint density at radius 2 is 1.90 bits per heavy atom. The van der Waals surface area contributed by atoms with Crippen molar-refractivity contribution in [3.63, 3.8) is 0 Å². The molecule has 2 aliphatic rings. The Morgan fingerprint density at radius 1 is 1.17 bits per heavy atom. The van der Waals surface area contributed by atoms with Crippen LogP contribution < -0.4 is 10.5 Å². The monoisotopic (exact) mass is 413 g/mol. The van der Waals surface area contributed by atoms with Crippen molar-refractivity contribution in [3.05, 3.63) is 65.5 Å². The van der Waals surface area contributed by atoms with Gasteiger partial charge in [-0.15, -0.1) is 0 Å². The third-order valence-electron chi connectivity index (χ3n) is 5.39. The van der Waals surface area contributed by atoms with Crippen molar-refractivity contribution < 1.29 is 23.5 Å². The van der Waals surface area contributed by atoms with Crippen molar-refractivity contribution in [1.82, 2.24) is 10.0 Å². The van der Waals surface area contributed by atoms with Gasteiger partial charge in [0.25, 0.3) is 0 Å². The van der Waals surface area contributed by atoms with E-state index in [1.807, 2.05) is 44.2 Å². The number of amides is 3. The maximum absolute atomic E-state index is 14.1. The predicted octanol–water partition coefficient (Wildman–Crippen LogP) is 4.02. The van der Waals surface area contributed by atoms with Gasteiger partial charge in [0.15, 0.2) is 0 Å². The predicted molar refractivity (Wildman–Crippen MR) is 107 cm³/mol. The molecular formula is C22H24FN3O4. The summed E-state index contributed by atoms with van der Waals surface area (Å²) in [6.07, 6.45) is -0.677. The molecule has 0 saturated carbocycles. The standard InChI is InChI=1S/C22H24FN3O4/c1-13(2)11-30-22(28)26-19(14-6-4-3-5-7-14)17-12-29-18-9-8-15(23)10-16(18)20(17)25(26)21(24)27/h3-10,13,17,19-20H,11-12H2,1-2H3,(H2,24,27)/t17-,19+,20?/m0/s1. The molecule has 8 heteroatoms. The fourth-order valence-corrected chi connectivity index (χ4v) is 4.20. The number of hydrogen-bond acceptors (Lipinski definition) is 4. The average molecular weight is 413 g/mol. The second kappa shape index (κ2) is 7.85. The van der Waals surface area contributed by atoms with E-state index in [1.165, 1.54) is 28.2 Å². The molecule has 4 rings (SSSR count). The highest BCUT2D eigenvalue weighted by atomic mass is 19.1. The molecule has 3 amide bonds. The molecule has 2 aromatic carbocycles. The minimum absolute atomic E-state index is 0.120. The third-order valence-corrected chi connectivity index (χ3v) is 5.39. The van der Waals surface area contributed by atoms with E-state index in [1.54, 1.807) is 0 Å². The Morgan fingerprint density at radius 3 is 2.57 bits per heavy atom. The van der Waals surface area contributed by atoms with Gasteiger partial charge in [-0.2, -0.15) is 0 Å². The van der Waals surface area contributed by atoms with Crippen LogP contribution in [-0.2, 0) is 4.74 Å². The van der Waals surface area contributed by atoms with Gasteiger partial charge >= 0.3 is 12.1 Å². The van der Waals surface area contributed by atoms with Crippen LogP contribution in [0.2, 0.25) is 0 Å². The second-order valence-electron chi connectivity index (χ2n) is 7.96. The lowest BCUT2D eigenvalue weighted by molar-refractivity contribution is 0.00146. The summed E-state index contributed by atoms with van der Waals surface area (Å²) >= 11 is 0. The first-order chi connectivity index (χ1) is 14.4. The van der Waals surface area contributed by atoms with Gasteiger partial charge in [-0.1, -0.05) is 44.2 Å². The van der Waals surface area contributed by atoms with Crippen molar-refractivity contribution in [2.45, 2.75) is 25.9 Å². The Bertz CT molecular complexity index is 953. The number of carbonyl (C=O) groups excluding carboxylic acids is 2. The molecule has 2 aliphatic heterocycles. The minimum atomic E-state index is -0.818. The highest BCUT2D eigenvalue weighted by Gasteiger charge is 2.55. The number of nitrogens with zero attached hydrogens (tertiary/aromatic N) is 2. The Hall–Kier alpha value is -3.29. The molecule has 0 radical (unpaired) electrons. The maximum Gasteiger partial charge on any atom is 0.429 e. The number of hydrogen-bond donors (Lipinski definition) is 1. The number of nitrogens with two attached hydrogens (primary N) is 1. The third kappa shape index (κ3) is 3.42. The summed E-state index contributed by atoms with van der Waals surface area (Å²) in [4.78, 5) is 25.7. The van der Waals surface area contributed by atoms with Crippen molar-refractivity contribution >= 4 is 12.1 Å². The zero-order chi connectivity index (χ0) is 21.4. The van der Waals surface area contributed by atoms with Gasteiger partial charge < -0.3 is 15.2 Å². The summed E-state index contributed by atoms with van der Waals surface area (Å²) in [5.41, 5.74) is 7.01. The molecule has 1 unspecified atom stereocenters. The first-order valence-electron chi connectivity index (χ1n) is 9.90. The molecule has 0 aromatic heterocycles. The topological polar surface area (TPSA) is 85.1 Å². The Kier molecular flexibility index (Phi) is 5.24. The van der Waals surface area contributed by atoms with Crippen molar-refractivity contribution in [2.24, 2.45) is 17.6 Å². The summed E-state index contributed by atoms with van der Waals surface area (Å²) in [6, 6.07) is 11.4.